The Hall–Kier alpha value is -3.00. The second-order valence-corrected chi connectivity index (χ2v) is 7.54. The standard InChI is InChI=1S/C22H26N2O5S/c1-4-28-19-8-6-5-7-18(19)24-21(26)14-30-13-20(25)23-17-11-9-16(10-12-17)22(27)29-15(2)3/h5-12,15H,4,13-14H2,1-3H3,(H,23,25)(H,24,26). The molecule has 0 spiro atoms. The van der Waals surface area contributed by atoms with Crippen LogP contribution in [0.2, 0.25) is 0 Å². The highest BCUT2D eigenvalue weighted by atomic mass is 32.2. The first-order valence-corrected chi connectivity index (χ1v) is 10.7. The monoisotopic (exact) mass is 430 g/mol. The van der Waals surface area contributed by atoms with Crippen molar-refractivity contribution >= 4 is 40.9 Å². The van der Waals surface area contributed by atoms with E-state index in [9.17, 15) is 14.4 Å². The summed E-state index contributed by atoms with van der Waals surface area (Å²) in [4.78, 5) is 36.0. The normalized spacial score (nSPS) is 10.4. The summed E-state index contributed by atoms with van der Waals surface area (Å²) >= 11 is 1.20. The van der Waals surface area contributed by atoms with Crippen LogP contribution in [0.3, 0.4) is 0 Å². The van der Waals surface area contributed by atoms with Crippen LogP contribution in [0.25, 0.3) is 0 Å². The van der Waals surface area contributed by atoms with Crippen molar-refractivity contribution < 1.29 is 23.9 Å². The van der Waals surface area contributed by atoms with Crippen molar-refractivity contribution in [3.8, 4) is 5.75 Å². The first-order chi connectivity index (χ1) is 14.4. The molecule has 0 saturated carbocycles. The van der Waals surface area contributed by atoms with Gasteiger partial charge in [0.25, 0.3) is 0 Å². The van der Waals surface area contributed by atoms with E-state index < -0.39 is 5.97 Å². The molecule has 160 valence electrons. The van der Waals surface area contributed by atoms with Gasteiger partial charge >= 0.3 is 5.97 Å². The summed E-state index contributed by atoms with van der Waals surface area (Å²) in [7, 11) is 0. The van der Waals surface area contributed by atoms with Gasteiger partial charge in [-0.05, 0) is 57.2 Å². The van der Waals surface area contributed by atoms with Crippen LogP contribution in [0.5, 0.6) is 5.75 Å². The molecule has 0 saturated heterocycles. The molecule has 8 heteroatoms. The molecule has 2 aromatic carbocycles. The summed E-state index contributed by atoms with van der Waals surface area (Å²) in [6.45, 7) is 5.93. The van der Waals surface area contributed by atoms with Gasteiger partial charge in [-0.2, -0.15) is 0 Å². The van der Waals surface area contributed by atoms with E-state index in [1.807, 2.05) is 19.1 Å². The number of para-hydroxylation sites is 2. The number of hydrogen-bond donors (Lipinski definition) is 2. The molecule has 2 amide bonds. The second kappa shape index (κ2) is 11.9. The van der Waals surface area contributed by atoms with Crippen LogP contribution < -0.4 is 15.4 Å². The molecule has 2 rings (SSSR count). The highest BCUT2D eigenvalue weighted by Gasteiger charge is 2.11. The van der Waals surface area contributed by atoms with Gasteiger partial charge in [0.1, 0.15) is 5.75 Å². The molecule has 30 heavy (non-hydrogen) atoms. The van der Waals surface area contributed by atoms with Crippen molar-refractivity contribution in [3.63, 3.8) is 0 Å². The summed E-state index contributed by atoms with van der Waals surface area (Å²) < 4.78 is 10.6. The Balaban J connectivity index is 1.76. The topological polar surface area (TPSA) is 93.7 Å². The average Bonchev–Trinajstić information content (AvgIpc) is 2.69. The minimum absolute atomic E-state index is 0.123. The first-order valence-electron chi connectivity index (χ1n) is 9.59. The number of amides is 2. The van der Waals surface area contributed by atoms with Gasteiger partial charge in [0.15, 0.2) is 0 Å². The fourth-order valence-corrected chi connectivity index (χ4v) is 3.06. The fourth-order valence-electron chi connectivity index (χ4n) is 2.44. The Kier molecular flexibility index (Phi) is 9.21. The maximum atomic E-state index is 12.1. The largest absolute Gasteiger partial charge is 0.492 e. The number of rotatable bonds is 10. The number of hydrogen-bond acceptors (Lipinski definition) is 6. The number of esters is 1. The number of carbonyl (C=O) groups excluding carboxylic acids is 3. The lowest BCUT2D eigenvalue weighted by Crippen LogP contribution is -2.19. The molecule has 0 unspecified atom stereocenters. The number of thioether (sulfide) groups is 1. The third-order valence-electron chi connectivity index (χ3n) is 3.67. The van der Waals surface area contributed by atoms with Crippen LogP contribution in [0.4, 0.5) is 11.4 Å². The predicted molar refractivity (Wildman–Crippen MR) is 119 cm³/mol. The smallest absolute Gasteiger partial charge is 0.338 e. The molecule has 2 N–H and O–H groups in total. The zero-order valence-corrected chi connectivity index (χ0v) is 18.1. The van der Waals surface area contributed by atoms with Crippen LogP contribution in [0.1, 0.15) is 31.1 Å². The summed E-state index contributed by atoms with van der Waals surface area (Å²) in [6.07, 6.45) is -0.196. The Morgan fingerprint density at radius 3 is 2.20 bits per heavy atom. The number of ether oxygens (including phenoxy) is 2. The molecule has 0 aromatic heterocycles. The quantitative estimate of drug-likeness (QED) is 0.554. The Morgan fingerprint density at radius 1 is 0.933 bits per heavy atom. The van der Waals surface area contributed by atoms with Crippen LogP contribution in [0.15, 0.2) is 48.5 Å². The van der Waals surface area contributed by atoms with E-state index in [0.717, 1.165) is 0 Å². The molecule has 0 atom stereocenters. The van der Waals surface area contributed by atoms with Crippen LogP contribution in [-0.2, 0) is 14.3 Å². The van der Waals surface area contributed by atoms with E-state index >= 15 is 0 Å². The molecule has 0 aliphatic heterocycles. The SMILES string of the molecule is CCOc1ccccc1NC(=O)CSCC(=O)Nc1ccc(C(=O)OC(C)C)cc1. The molecule has 0 fully saturated rings. The van der Waals surface area contributed by atoms with Gasteiger partial charge in [-0.3, -0.25) is 9.59 Å². The third-order valence-corrected chi connectivity index (χ3v) is 4.61. The first kappa shape index (κ1) is 23.3. The average molecular weight is 431 g/mol. The minimum Gasteiger partial charge on any atom is -0.492 e. The van der Waals surface area contributed by atoms with Crippen molar-refractivity contribution in [1.82, 2.24) is 0 Å². The van der Waals surface area contributed by atoms with Crippen molar-refractivity contribution in [1.29, 1.82) is 0 Å². The van der Waals surface area contributed by atoms with Gasteiger partial charge in [0, 0.05) is 5.69 Å². The second-order valence-electron chi connectivity index (χ2n) is 6.55. The zero-order valence-electron chi connectivity index (χ0n) is 17.3. The van der Waals surface area contributed by atoms with Crippen molar-refractivity contribution in [3.05, 3.63) is 54.1 Å². The molecule has 0 bridgehead atoms. The number of anilines is 2. The number of benzene rings is 2. The summed E-state index contributed by atoms with van der Waals surface area (Å²) in [5.74, 6) is 0.00564. The van der Waals surface area contributed by atoms with E-state index in [0.29, 0.717) is 29.3 Å². The third kappa shape index (κ3) is 7.79. The van der Waals surface area contributed by atoms with Gasteiger partial charge in [-0.15, -0.1) is 11.8 Å². The molecule has 0 aliphatic carbocycles. The number of nitrogens with one attached hydrogen (secondary N) is 2. The van der Waals surface area contributed by atoms with E-state index in [2.05, 4.69) is 10.6 Å². The molecular formula is C22H26N2O5S. The lowest BCUT2D eigenvalue weighted by atomic mass is 10.2. The molecule has 0 heterocycles. The van der Waals surface area contributed by atoms with Crippen LogP contribution in [0, 0.1) is 0 Å². The van der Waals surface area contributed by atoms with E-state index in [1.165, 1.54) is 11.8 Å². The molecule has 7 nitrogen and oxygen atoms in total. The summed E-state index contributed by atoms with van der Waals surface area (Å²) in [6, 6.07) is 13.7. The molecular weight excluding hydrogens is 404 g/mol. The maximum absolute atomic E-state index is 12.1. The Morgan fingerprint density at radius 2 is 1.57 bits per heavy atom. The molecule has 0 radical (unpaired) electrons. The van der Waals surface area contributed by atoms with E-state index in [4.69, 9.17) is 9.47 Å². The summed E-state index contributed by atoms with van der Waals surface area (Å²) in [5, 5.41) is 5.52. The fraction of sp³-hybridized carbons (Fsp3) is 0.318. The Labute approximate surface area is 180 Å². The Bertz CT molecular complexity index is 868. The zero-order chi connectivity index (χ0) is 21.9. The van der Waals surface area contributed by atoms with Gasteiger partial charge in [-0.1, -0.05) is 12.1 Å². The van der Waals surface area contributed by atoms with E-state index in [1.54, 1.807) is 50.2 Å². The van der Waals surface area contributed by atoms with Crippen molar-refractivity contribution in [2.75, 3.05) is 28.7 Å². The lowest BCUT2D eigenvalue weighted by molar-refractivity contribution is -0.114. The maximum Gasteiger partial charge on any atom is 0.338 e. The lowest BCUT2D eigenvalue weighted by Gasteiger charge is -2.11. The van der Waals surface area contributed by atoms with Gasteiger partial charge in [0.05, 0.1) is 35.5 Å². The molecule has 0 aliphatic rings. The highest BCUT2D eigenvalue weighted by molar-refractivity contribution is 8.00. The van der Waals surface area contributed by atoms with E-state index in [-0.39, 0.29) is 29.4 Å². The predicted octanol–water partition coefficient (Wildman–Crippen LogP) is 3.96. The minimum atomic E-state index is -0.407. The van der Waals surface area contributed by atoms with Crippen molar-refractivity contribution in [2.24, 2.45) is 0 Å². The molecule has 2 aromatic rings. The van der Waals surface area contributed by atoms with Gasteiger partial charge in [0.2, 0.25) is 11.8 Å². The van der Waals surface area contributed by atoms with Crippen LogP contribution >= 0.6 is 11.8 Å². The number of carbonyl (C=O) groups is 3. The highest BCUT2D eigenvalue weighted by Crippen LogP contribution is 2.23. The summed E-state index contributed by atoms with van der Waals surface area (Å²) in [5.41, 5.74) is 1.59. The van der Waals surface area contributed by atoms with Gasteiger partial charge < -0.3 is 20.1 Å². The van der Waals surface area contributed by atoms with Gasteiger partial charge in [-0.25, -0.2) is 4.79 Å². The van der Waals surface area contributed by atoms with Crippen molar-refractivity contribution in [2.45, 2.75) is 26.9 Å². The van der Waals surface area contributed by atoms with Crippen LogP contribution in [-0.4, -0.2) is 42.0 Å².